The molecule has 0 bridgehead atoms. The van der Waals surface area contributed by atoms with Gasteiger partial charge in [0.1, 0.15) is 0 Å². The molecule has 16 N–H and O–H groups in total. The van der Waals surface area contributed by atoms with Crippen molar-refractivity contribution in [1.82, 2.24) is 21.3 Å². The van der Waals surface area contributed by atoms with Crippen LogP contribution >= 0.6 is 0 Å². The van der Waals surface area contributed by atoms with Crippen molar-refractivity contribution in [3.05, 3.63) is 0 Å². The number of rotatable bonds is 33. The van der Waals surface area contributed by atoms with Gasteiger partial charge in [0.05, 0.1) is 18.1 Å². The van der Waals surface area contributed by atoms with Gasteiger partial charge in [-0.3, -0.25) is 43.7 Å². The molecule has 0 aliphatic rings. The van der Waals surface area contributed by atoms with Crippen LogP contribution in [0, 0.1) is 11.8 Å². The minimum atomic E-state index is -1.03. The molecule has 0 saturated carbocycles. The fourth-order valence-electron chi connectivity index (χ4n) is 5.79. The quantitative estimate of drug-likeness (QED) is 0.0232. The lowest BCUT2D eigenvalue weighted by molar-refractivity contribution is -0.134. The number of carbonyl (C=O) groups is 6. The Balaban J connectivity index is 6.05. The molecule has 4 unspecified atom stereocenters. The van der Waals surface area contributed by atoms with Gasteiger partial charge >= 0.3 is 0 Å². The van der Waals surface area contributed by atoms with E-state index in [1.54, 1.807) is 0 Å². The molecule has 3 amide bonds. The van der Waals surface area contributed by atoms with Crippen LogP contribution in [-0.4, -0.2) is 103 Å². The molecule has 4 atom stereocenters. The molecule has 0 heterocycles. The normalized spacial score (nSPS) is 13.1. The molecule has 0 spiro atoms. The van der Waals surface area contributed by atoms with Crippen LogP contribution in [0.1, 0.15) is 125 Å². The molecule has 0 aliphatic carbocycles. The Labute approximate surface area is 338 Å². The van der Waals surface area contributed by atoms with Gasteiger partial charge in [0.25, 0.3) is 0 Å². The van der Waals surface area contributed by atoms with E-state index in [0.29, 0.717) is 38.1 Å². The Hall–Kier alpha value is -4.81. The van der Waals surface area contributed by atoms with Gasteiger partial charge in [-0.1, -0.05) is 27.7 Å². The predicted octanol–water partition coefficient (Wildman–Crippen LogP) is -0.280. The van der Waals surface area contributed by atoms with Gasteiger partial charge in [-0.2, -0.15) is 0 Å². The predicted molar refractivity (Wildman–Crippen MR) is 225 cm³/mol. The molecule has 57 heavy (non-hydrogen) atoms. The first-order valence-corrected chi connectivity index (χ1v) is 20.2. The largest absolute Gasteiger partial charge is 0.370 e. The molecule has 19 heteroatoms. The number of ketones is 3. The van der Waals surface area contributed by atoms with Crippen molar-refractivity contribution < 1.29 is 28.8 Å². The van der Waals surface area contributed by atoms with Gasteiger partial charge in [-0.05, 0) is 83.6 Å². The number of hydrogen-bond donors (Lipinski definition) is 10. The second-order valence-corrected chi connectivity index (χ2v) is 15.1. The van der Waals surface area contributed by atoms with Crippen LogP contribution < -0.4 is 55.7 Å². The monoisotopic (exact) mass is 808 g/mol. The Kier molecular flexibility index (Phi) is 27.8. The number of Topliss-reactive ketones (excluding diaryl/α,β-unsaturated/α-hetero) is 3. The van der Waals surface area contributed by atoms with Crippen LogP contribution in [0.25, 0.3) is 0 Å². The summed E-state index contributed by atoms with van der Waals surface area (Å²) >= 11 is 0. The summed E-state index contributed by atoms with van der Waals surface area (Å²) in [6.07, 6.45) is 3.87. The third kappa shape index (κ3) is 28.3. The van der Waals surface area contributed by atoms with Crippen molar-refractivity contribution in [3.8, 4) is 0 Å². The van der Waals surface area contributed by atoms with E-state index in [2.05, 4.69) is 36.2 Å². The number of nitrogens with one attached hydrogen (secondary N) is 4. The summed E-state index contributed by atoms with van der Waals surface area (Å²) in [5, 5.41) is 11.7. The Morgan fingerprint density at radius 3 is 1.49 bits per heavy atom. The molecule has 0 aromatic carbocycles. The topological polar surface area (TPSA) is 344 Å². The lowest BCUT2D eigenvalue weighted by Gasteiger charge is -2.24. The van der Waals surface area contributed by atoms with Crippen molar-refractivity contribution in [2.45, 2.75) is 149 Å². The molecule has 326 valence electrons. The number of carbonyl (C=O) groups excluding carboxylic acids is 6. The van der Waals surface area contributed by atoms with Gasteiger partial charge in [-0.15, -0.1) is 0 Å². The van der Waals surface area contributed by atoms with Gasteiger partial charge < -0.3 is 55.7 Å². The number of amides is 3. The third-order valence-electron chi connectivity index (χ3n) is 8.99. The zero-order valence-electron chi connectivity index (χ0n) is 34.9. The molecule has 0 saturated heterocycles. The highest BCUT2D eigenvalue weighted by Crippen LogP contribution is 2.18. The number of unbranched alkanes of at least 4 members (excludes halogenated alkanes) is 1. The van der Waals surface area contributed by atoms with Crippen LogP contribution in [0.2, 0.25) is 0 Å². The van der Waals surface area contributed by atoms with Crippen molar-refractivity contribution in [2.24, 2.45) is 61.2 Å². The minimum absolute atomic E-state index is 0.0968. The SMILES string of the molecule is CC(=O)C(CCCCNC(C)C)NC(=O)CCC(=O)C(CCCN=C(N)N)NC(=O)C(CCCN=C(N)N)CC(=O)C(CCCN=C(N)N)NC(=O)CCC(C)C. The molecule has 0 aromatic rings. The Bertz CT molecular complexity index is 1340. The highest BCUT2D eigenvalue weighted by Gasteiger charge is 2.30. The average Bonchev–Trinajstić information content (AvgIpc) is 3.11. The number of aliphatic imine (C=N–C) groups is 3. The van der Waals surface area contributed by atoms with Crippen molar-refractivity contribution in [1.29, 1.82) is 0 Å². The van der Waals surface area contributed by atoms with Crippen LogP contribution in [0.5, 0.6) is 0 Å². The minimum Gasteiger partial charge on any atom is -0.370 e. The third-order valence-corrected chi connectivity index (χ3v) is 8.99. The fraction of sp³-hybridized carbons (Fsp3) is 0.763. The van der Waals surface area contributed by atoms with Crippen LogP contribution in [-0.2, 0) is 28.8 Å². The summed E-state index contributed by atoms with van der Waals surface area (Å²) in [6.45, 7) is 10.9. The first kappa shape index (κ1) is 52.2. The number of nitrogens with two attached hydrogens (primary N) is 6. The first-order valence-electron chi connectivity index (χ1n) is 20.2. The molecule has 0 aliphatic heterocycles. The summed E-state index contributed by atoms with van der Waals surface area (Å²) in [5.74, 6) is -3.26. The fourth-order valence-corrected chi connectivity index (χ4v) is 5.79. The average molecular weight is 808 g/mol. The van der Waals surface area contributed by atoms with Gasteiger partial charge in [0.15, 0.2) is 35.2 Å². The summed E-state index contributed by atoms with van der Waals surface area (Å²) < 4.78 is 0. The Morgan fingerprint density at radius 2 is 1.00 bits per heavy atom. The van der Waals surface area contributed by atoms with Crippen molar-refractivity contribution in [2.75, 3.05) is 26.2 Å². The van der Waals surface area contributed by atoms with Gasteiger partial charge in [-0.25, -0.2) is 0 Å². The highest BCUT2D eigenvalue weighted by atomic mass is 16.2. The van der Waals surface area contributed by atoms with E-state index in [1.165, 1.54) is 6.92 Å². The second kappa shape index (κ2) is 30.3. The maximum absolute atomic E-state index is 13.9. The van der Waals surface area contributed by atoms with E-state index in [-0.39, 0.29) is 106 Å². The molecular formula is C38H73N13O6. The second-order valence-electron chi connectivity index (χ2n) is 15.1. The van der Waals surface area contributed by atoms with E-state index in [1.807, 2.05) is 27.7 Å². The van der Waals surface area contributed by atoms with Gasteiger partial charge in [0.2, 0.25) is 17.7 Å². The van der Waals surface area contributed by atoms with E-state index in [4.69, 9.17) is 34.4 Å². The zero-order valence-corrected chi connectivity index (χ0v) is 34.9. The van der Waals surface area contributed by atoms with E-state index >= 15 is 0 Å². The van der Waals surface area contributed by atoms with Gasteiger partial charge in [0, 0.05) is 57.3 Å². The van der Waals surface area contributed by atoms with E-state index in [9.17, 15) is 28.8 Å². The molecule has 19 nitrogen and oxygen atoms in total. The van der Waals surface area contributed by atoms with E-state index < -0.39 is 41.6 Å². The van der Waals surface area contributed by atoms with Crippen LogP contribution in [0.3, 0.4) is 0 Å². The molecule has 0 aromatic heterocycles. The standard InChI is InChI=1S/C38H73N13O6/c1-24(2)15-17-33(55)50-30(14-10-22-48-38(43)44)32(54)23-27(11-8-20-46-36(39)40)35(57)51-29(13-9-21-47-37(41)42)31(53)16-18-34(56)49-28(26(5)52)12-6-7-19-45-25(3)4/h24-25,27-30,45H,6-23H2,1-5H3,(H,49,56)(H,50,55)(H,51,57)(H4,39,40,46)(H4,41,42,47)(H4,43,44,48). The molecule has 0 radical (unpaired) electrons. The maximum atomic E-state index is 13.9. The highest BCUT2D eigenvalue weighted by molar-refractivity contribution is 5.95. The number of nitrogens with zero attached hydrogens (tertiary/aromatic N) is 3. The number of hydrogen-bond acceptors (Lipinski definition) is 10. The lowest BCUT2D eigenvalue weighted by Crippen LogP contribution is -2.46. The summed E-state index contributed by atoms with van der Waals surface area (Å²) in [7, 11) is 0. The Morgan fingerprint density at radius 1 is 0.526 bits per heavy atom. The van der Waals surface area contributed by atoms with E-state index in [0.717, 1.165) is 19.4 Å². The smallest absolute Gasteiger partial charge is 0.224 e. The molecular weight excluding hydrogens is 735 g/mol. The summed E-state index contributed by atoms with van der Waals surface area (Å²) in [4.78, 5) is 91.3. The summed E-state index contributed by atoms with van der Waals surface area (Å²) in [5.41, 5.74) is 32.8. The maximum Gasteiger partial charge on any atom is 0.224 e. The van der Waals surface area contributed by atoms with Crippen molar-refractivity contribution in [3.63, 3.8) is 0 Å². The molecule has 0 rings (SSSR count). The lowest BCUT2D eigenvalue weighted by atomic mass is 9.91. The zero-order chi connectivity index (χ0) is 43.3. The summed E-state index contributed by atoms with van der Waals surface area (Å²) in [6, 6.07) is -2.26. The van der Waals surface area contributed by atoms with Crippen LogP contribution in [0.15, 0.2) is 15.0 Å². The first-order chi connectivity index (χ1) is 26.8. The van der Waals surface area contributed by atoms with Crippen LogP contribution in [0.4, 0.5) is 0 Å². The van der Waals surface area contributed by atoms with Crippen molar-refractivity contribution >= 4 is 52.9 Å². The molecule has 0 fully saturated rings. The number of guanidine groups is 3.